The van der Waals surface area contributed by atoms with Crippen LogP contribution in [-0.4, -0.2) is 17.4 Å². The molecule has 1 aromatic carbocycles. The van der Waals surface area contributed by atoms with Gasteiger partial charge in [0.1, 0.15) is 5.82 Å². The molecule has 1 fully saturated rings. The molecule has 2 aromatic rings. The van der Waals surface area contributed by atoms with E-state index < -0.39 is 0 Å². The molecule has 2 N–H and O–H groups in total. The molecule has 22 heavy (non-hydrogen) atoms. The van der Waals surface area contributed by atoms with Crippen molar-refractivity contribution in [3.05, 3.63) is 59.2 Å². The van der Waals surface area contributed by atoms with Gasteiger partial charge < -0.3 is 10.6 Å². The second-order valence-corrected chi connectivity index (χ2v) is 6.03. The van der Waals surface area contributed by atoms with E-state index >= 15 is 0 Å². The number of hydrogen-bond donors (Lipinski definition) is 1. The summed E-state index contributed by atoms with van der Waals surface area (Å²) in [5.74, 6) is 0.863. The van der Waals surface area contributed by atoms with Gasteiger partial charge >= 0.3 is 0 Å². The minimum atomic E-state index is -0.258. The van der Waals surface area contributed by atoms with Gasteiger partial charge in [-0.15, -0.1) is 0 Å². The van der Waals surface area contributed by atoms with E-state index in [0.29, 0.717) is 11.4 Å². The summed E-state index contributed by atoms with van der Waals surface area (Å²) in [6, 6.07) is 13.8. The molecule has 1 aliphatic heterocycles. The maximum Gasteiger partial charge on any atom is 0.217 e. The Labute approximate surface area is 134 Å². The van der Waals surface area contributed by atoms with E-state index in [4.69, 9.17) is 17.3 Å². The van der Waals surface area contributed by atoms with E-state index in [1.165, 1.54) is 0 Å². The number of pyridine rings is 1. The third-order valence-electron chi connectivity index (χ3n) is 4.14. The van der Waals surface area contributed by atoms with Gasteiger partial charge in [-0.3, -0.25) is 4.79 Å². The molecule has 1 aromatic heterocycles. The van der Waals surface area contributed by atoms with Crippen molar-refractivity contribution >= 4 is 23.3 Å². The number of halogens is 1. The molecule has 3 rings (SSSR count). The Hall–Kier alpha value is -2.07. The topological polar surface area (TPSA) is 59.2 Å². The Morgan fingerprint density at radius 3 is 2.68 bits per heavy atom. The lowest BCUT2D eigenvalue weighted by Crippen LogP contribution is -2.27. The van der Waals surface area contributed by atoms with Crippen molar-refractivity contribution in [1.29, 1.82) is 0 Å². The summed E-state index contributed by atoms with van der Waals surface area (Å²) in [6.45, 7) is 0.863. The Kier molecular flexibility index (Phi) is 4.29. The summed E-state index contributed by atoms with van der Waals surface area (Å²) in [5, 5.41) is 0.706. The summed E-state index contributed by atoms with van der Waals surface area (Å²) in [7, 11) is 0. The Balaban J connectivity index is 1.95. The first-order valence-corrected chi connectivity index (χ1v) is 7.74. The Morgan fingerprint density at radius 2 is 2.05 bits per heavy atom. The number of aromatic nitrogens is 1. The van der Waals surface area contributed by atoms with Crippen molar-refractivity contribution in [3.8, 4) is 0 Å². The minimum Gasteiger partial charge on any atom is -0.370 e. The molecule has 5 heteroatoms. The Bertz CT molecular complexity index is 645. The number of carbonyl (C=O) groups excluding carboxylic acids is 1. The van der Waals surface area contributed by atoms with E-state index in [1.54, 1.807) is 6.20 Å². The zero-order valence-electron chi connectivity index (χ0n) is 12.2. The first kappa shape index (κ1) is 14.9. The standard InChI is InChI=1S/C17H18ClN3O/c18-14-6-4-12(5-7-14)17-13(11-15(19)22)8-10-21(17)16-3-1-2-9-20-16/h1-7,9,13,17H,8,10-11H2,(H2,19,22). The normalized spacial score (nSPS) is 21.0. The predicted octanol–water partition coefficient (Wildman–Crippen LogP) is 3.18. The van der Waals surface area contributed by atoms with Crippen LogP contribution in [-0.2, 0) is 4.79 Å². The molecule has 0 radical (unpaired) electrons. The van der Waals surface area contributed by atoms with Crippen LogP contribution in [0.15, 0.2) is 48.7 Å². The van der Waals surface area contributed by atoms with Gasteiger partial charge in [-0.25, -0.2) is 4.98 Å². The van der Waals surface area contributed by atoms with Crippen LogP contribution in [0.5, 0.6) is 0 Å². The average Bonchev–Trinajstić information content (AvgIpc) is 2.92. The highest BCUT2D eigenvalue weighted by Gasteiger charge is 2.36. The van der Waals surface area contributed by atoms with Gasteiger partial charge in [-0.2, -0.15) is 0 Å². The molecule has 0 saturated carbocycles. The van der Waals surface area contributed by atoms with Gasteiger partial charge in [0.15, 0.2) is 0 Å². The van der Waals surface area contributed by atoms with Crippen molar-refractivity contribution < 1.29 is 4.79 Å². The minimum absolute atomic E-state index is 0.0969. The molecule has 0 spiro atoms. The van der Waals surface area contributed by atoms with Crippen LogP contribution in [0, 0.1) is 5.92 Å². The number of anilines is 1. The lowest BCUT2D eigenvalue weighted by atomic mass is 9.91. The first-order chi connectivity index (χ1) is 10.6. The highest BCUT2D eigenvalue weighted by molar-refractivity contribution is 6.30. The van der Waals surface area contributed by atoms with Crippen LogP contribution in [0.1, 0.15) is 24.4 Å². The largest absolute Gasteiger partial charge is 0.370 e. The monoisotopic (exact) mass is 315 g/mol. The zero-order chi connectivity index (χ0) is 15.5. The number of benzene rings is 1. The van der Waals surface area contributed by atoms with Gasteiger partial charge in [0.05, 0.1) is 6.04 Å². The molecule has 4 nitrogen and oxygen atoms in total. The highest BCUT2D eigenvalue weighted by atomic mass is 35.5. The van der Waals surface area contributed by atoms with Crippen molar-refractivity contribution in [1.82, 2.24) is 4.98 Å². The van der Waals surface area contributed by atoms with Gasteiger partial charge in [0, 0.05) is 24.2 Å². The summed E-state index contributed by atoms with van der Waals surface area (Å²) in [4.78, 5) is 18.1. The fraction of sp³-hybridized carbons (Fsp3) is 0.294. The fourth-order valence-electron chi connectivity index (χ4n) is 3.22. The smallest absolute Gasteiger partial charge is 0.217 e. The third kappa shape index (κ3) is 3.07. The molecular formula is C17H18ClN3O. The van der Waals surface area contributed by atoms with E-state index in [9.17, 15) is 4.79 Å². The maximum atomic E-state index is 11.4. The van der Waals surface area contributed by atoms with Crippen LogP contribution >= 0.6 is 11.6 Å². The van der Waals surface area contributed by atoms with Gasteiger partial charge in [0.25, 0.3) is 0 Å². The predicted molar refractivity (Wildman–Crippen MR) is 87.7 cm³/mol. The number of nitrogens with zero attached hydrogens (tertiary/aromatic N) is 2. The van der Waals surface area contributed by atoms with Gasteiger partial charge in [0.2, 0.25) is 5.91 Å². The number of rotatable bonds is 4. The van der Waals surface area contributed by atoms with Crippen LogP contribution in [0.2, 0.25) is 5.02 Å². The lowest BCUT2D eigenvalue weighted by molar-refractivity contribution is -0.118. The SMILES string of the molecule is NC(=O)CC1CCN(c2ccccn2)C1c1ccc(Cl)cc1. The molecule has 2 heterocycles. The molecule has 114 valence electrons. The number of hydrogen-bond acceptors (Lipinski definition) is 3. The number of carbonyl (C=O) groups is 1. The van der Waals surface area contributed by atoms with Gasteiger partial charge in [-0.1, -0.05) is 29.8 Å². The second-order valence-electron chi connectivity index (χ2n) is 5.60. The van der Waals surface area contributed by atoms with Crippen LogP contribution in [0.3, 0.4) is 0 Å². The summed E-state index contributed by atoms with van der Waals surface area (Å²) >= 11 is 5.99. The molecule has 1 aliphatic rings. The van der Waals surface area contributed by atoms with Crippen molar-refractivity contribution in [2.45, 2.75) is 18.9 Å². The molecule has 2 unspecified atom stereocenters. The third-order valence-corrected chi connectivity index (χ3v) is 4.39. The number of primary amides is 1. The highest BCUT2D eigenvalue weighted by Crippen LogP contribution is 2.41. The quantitative estimate of drug-likeness (QED) is 0.942. The molecule has 0 bridgehead atoms. The van der Waals surface area contributed by atoms with Crippen LogP contribution in [0.4, 0.5) is 5.82 Å². The first-order valence-electron chi connectivity index (χ1n) is 7.36. The molecule has 2 atom stereocenters. The molecule has 1 amide bonds. The molecule has 1 saturated heterocycles. The van der Waals surface area contributed by atoms with Crippen molar-refractivity contribution in [3.63, 3.8) is 0 Å². The average molecular weight is 316 g/mol. The summed E-state index contributed by atoms with van der Waals surface area (Å²) in [5.41, 5.74) is 6.56. The molecule has 0 aliphatic carbocycles. The van der Waals surface area contributed by atoms with Crippen molar-refractivity contribution in [2.75, 3.05) is 11.4 Å². The van der Waals surface area contributed by atoms with Gasteiger partial charge in [-0.05, 0) is 42.2 Å². The van der Waals surface area contributed by atoms with Crippen LogP contribution < -0.4 is 10.6 Å². The maximum absolute atomic E-state index is 11.4. The van der Waals surface area contributed by atoms with E-state index in [1.807, 2.05) is 42.5 Å². The van der Waals surface area contributed by atoms with E-state index in [2.05, 4.69) is 9.88 Å². The zero-order valence-corrected chi connectivity index (χ0v) is 12.9. The van der Waals surface area contributed by atoms with Crippen LogP contribution in [0.25, 0.3) is 0 Å². The lowest BCUT2D eigenvalue weighted by Gasteiger charge is -2.29. The molecular weight excluding hydrogens is 298 g/mol. The van der Waals surface area contributed by atoms with Crippen molar-refractivity contribution in [2.24, 2.45) is 11.7 Å². The fourth-order valence-corrected chi connectivity index (χ4v) is 3.35. The number of nitrogens with two attached hydrogens (primary N) is 1. The summed E-state index contributed by atoms with van der Waals surface area (Å²) in [6.07, 6.45) is 3.10. The van der Waals surface area contributed by atoms with E-state index in [0.717, 1.165) is 24.3 Å². The number of amides is 1. The second kappa shape index (κ2) is 6.36. The van der Waals surface area contributed by atoms with E-state index in [-0.39, 0.29) is 17.9 Å². The summed E-state index contributed by atoms with van der Waals surface area (Å²) < 4.78 is 0. The Morgan fingerprint density at radius 1 is 1.27 bits per heavy atom.